The average Bonchev–Trinajstić information content (AvgIpc) is 2.95. The summed E-state index contributed by atoms with van der Waals surface area (Å²) < 4.78 is 0. The van der Waals surface area contributed by atoms with E-state index in [2.05, 4.69) is 25.2 Å². The van der Waals surface area contributed by atoms with Crippen LogP contribution in [0.5, 0.6) is 0 Å². The van der Waals surface area contributed by atoms with Gasteiger partial charge in [-0.25, -0.2) is 0 Å². The summed E-state index contributed by atoms with van der Waals surface area (Å²) in [5.41, 5.74) is 2.33. The van der Waals surface area contributed by atoms with Gasteiger partial charge < -0.3 is 5.32 Å². The van der Waals surface area contributed by atoms with Gasteiger partial charge in [0.1, 0.15) is 0 Å². The van der Waals surface area contributed by atoms with Gasteiger partial charge in [-0.1, -0.05) is 17.7 Å². The second-order valence-electron chi connectivity index (χ2n) is 4.18. The topological polar surface area (TPSA) is 12.0 Å². The van der Waals surface area contributed by atoms with Crippen LogP contribution >= 0.6 is 11.6 Å². The predicted molar refractivity (Wildman–Crippen MR) is 62.0 cm³/mol. The van der Waals surface area contributed by atoms with Gasteiger partial charge in [0.15, 0.2) is 0 Å². The van der Waals surface area contributed by atoms with Crippen molar-refractivity contribution in [2.24, 2.45) is 5.92 Å². The quantitative estimate of drug-likeness (QED) is 0.797. The monoisotopic (exact) mass is 209 g/mol. The molecule has 0 saturated heterocycles. The number of anilines is 1. The molecule has 1 saturated carbocycles. The van der Waals surface area contributed by atoms with Crippen LogP contribution in [-0.4, -0.2) is 6.04 Å². The number of nitrogens with one attached hydrogen (secondary N) is 1. The van der Waals surface area contributed by atoms with Gasteiger partial charge in [-0.05, 0) is 50.3 Å². The molecule has 0 heterocycles. The van der Waals surface area contributed by atoms with Crippen molar-refractivity contribution in [2.45, 2.75) is 32.7 Å². The van der Waals surface area contributed by atoms with Crippen LogP contribution in [0, 0.1) is 12.8 Å². The molecule has 0 radical (unpaired) electrons. The van der Waals surface area contributed by atoms with Crippen LogP contribution in [-0.2, 0) is 0 Å². The van der Waals surface area contributed by atoms with Crippen LogP contribution < -0.4 is 5.32 Å². The molecule has 1 aliphatic rings. The van der Waals surface area contributed by atoms with Crippen molar-refractivity contribution in [3.05, 3.63) is 28.8 Å². The minimum Gasteiger partial charge on any atom is -0.382 e. The number of hydrogen-bond donors (Lipinski definition) is 1. The summed E-state index contributed by atoms with van der Waals surface area (Å²) in [7, 11) is 0. The van der Waals surface area contributed by atoms with Crippen LogP contribution in [0.25, 0.3) is 0 Å². The fourth-order valence-electron chi connectivity index (χ4n) is 1.72. The predicted octanol–water partition coefficient (Wildman–Crippen LogP) is 3.86. The van der Waals surface area contributed by atoms with E-state index in [0.29, 0.717) is 6.04 Å². The standard InChI is InChI=1S/C12H16ClN/c1-8-11(13)4-3-5-12(8)14-9(2)10-6-7-10/h3-5,9-10,14H,6-7H2,1-2H3/t9-/m1/s1. The van der Waals surface area contributed by atoms with Crippen LogP contribution in [0.4, 0.5) is 5.69 Å². The lowest BCUT2D eigenvalue weighted by molar-refractivity contribution is 0.693. The maximum atomic E-state index is 6.05. The minimum atomic E-state index is 0.576. The Morgan fingerprint density at radius 3 is 2.79 bits per heavy atom. The number of hydrogen-bond acceptors (Lipinski definition) is 1. The van der Waals surface area contributed by atoms with Crippen molar-refractivity contribution >= 4 is 17.3 Å². The molecule has 1 aromatic rings. The van der Waals surface area contributed by atoms with Gasteiger partial charge in [-0.15, -0.1) is 0 Å². The third-order valence-corrected chi connectivity index (χ3v) is 3.39. The van der Waals surface area contributed by atoms with E-state index in [-0.39, 0.29) is 0 Å². The molecule has 0 amide bonds. The van der Waals surface area contributed by atoms with E-state index in [1.807, 2.05) is 12.1 Å². The van der Waals surface area contributed by atoms with Gasteiger partial charge in [0.25, 0.3) is 0 Å². The summed E-state index contributed by atoms with van der Waals surface area (Å²) in [6.45, 7) is 4.31. The average molecular weight is 210 g/mol. The number of rotatable bonds is 3. The highest BCUT2D eigenvalue weighted by Crippen LogP contribution is 2.35. The maximum Gasteiger partial charge on any atom is 0.0455 e. The van der Waals surface area contributed by atoms with Crippen LogP contribution in [0.3, 0.4) is 0 Å². The molecular weight excluding hydrogens is 194 g/mol. The Morgan fingerprint density at radius 2 is 2.14 bits per heavy atom. The Morgan fingerprint density at radius 1 is 1.43 bits per heavy atom. The number of benzene rings is 1. The van der Waals surface area contributed by atoms with E-state index in [0.717, 1.165) is 16.5 Å². The fraction of sp³-hybridized carbons (Fsp3) is 0.500. The molecule has 1 nitrogen and oxygen atoms in total. The molecule has 2 heteroatoms. The van der Waals surface area contributed by atoms with Gasteiger partial charge in [-0.2, -0.15) is 0 Å². The summed E-state index contributed by atoms with van der Waals surface area (Å²) in [5.74, 6) is 0.869. The zero-order valence-electron chi connectivity index (χ0n) is 8.68. The molecule has 1 fully saturated rings. The molecular formula is C12H16ClN. The molecule has 0 bridgehead atoms. The van der Waals surface area contributed by atoms with Gasteiger partial charge in [0, 0.05) is 16.8 Å². The summed E-state index contributed by atoms with van der Waals surface area (Å²) >= 11 is 6.05. The van der Waals surface area contributed by atoms with Crippen LogP contribution in [0.1, 0.15) is 25.3 Å². The molecule has 1 aromatic carbocycles. The fourth-order valence-corrected chi connectivity index (χ4v) is 1.90. The van der Waals surface area contributed by atoms with E-state index in [1.54, 1.807) is 0 Å². The lowest BCUT2D eigenvalue weighted by atomic mass is 10.1. The zero-order chi connectivity index (χ0) is 10.1. The summed E-state index contributed by atoms with van der Waals surface area (Å²) in [6.07, 6.45) is 2.74. The maximum absolute atomic E-state index is 6.05. The lowest BCUT2D eigenvalue weighted by Gasteiger charge is -2.16. The van der Waals surface area contributed by atoms with Crippen molar-refractivity contribution in [3.8, 4) is 0 Å². The Balaban J connectivity index is 2.11. The van der Waals surface area contributed by atoms with E-state index < -0.39 is 0 Å². The second-order valence-corrected chi connectivity index (χ2v) is 4.59. The Bertz CT molecular complexity index is 331. The van der Waals surface area contributed by atoms with E-state index >= 15 is 0 Å². The molecule has 0 spiro atoms. The number of halogens is 1. The molecule has 0 unspecified atom stereocenters. The van der Waals surface area contributed by atoms with E-state index in [1.165, 1.54) is 18.5 Å². The van der Waals surface area contributed by atoms with Gasteiger partial charge in [0.05, 0.1) is 0 Å². The molecule has 2 rings (SSSR count). The molecule has 1 atom stereocenters. The first-order valence-corrected chi connectivity index (χ1v) is 5.58. The first-order valence-electron chi connectivity index (χ1n) is 5.20. The zero-order valence-corrected chi connectivity index (χ0v) is 9.43. The van der Waals surface area contributed by atoms with Crippen molar-refractivity contribution in [1.82, 2.24) is 0 Å². The summed E-state index contributed by atoms with van der Waals surface area (Å²) in [5, 5.41) is 4.37. The molecule has 14 heavy (non-hydrogen) atoms. The summed E-state index contributed by atoms with van der Waals surface area (Å²) in [6, 6.07) is 6.61. The highest BCUT2D eigenvalue weighted by molar-refractivity contribution is 6.31. The first-order chi connectivity index (χ1) is 6.68. The van der Waals surface area contributed by atoms with Gasteiger partial charge in [-0.3, -0.25) is 0 Å². The van der Waals surface area contributed by atoms with Crippen molar-refractivity contribution < 1.29 is 0 Å². The molecule has 0 aliphatic heterocycles. The minimum absolute atomic E-state index is 0.576. The van der Waals surface area contributed by atoms with Crippen molar-refractivity contribution in [2.75, 3.05) is 5.32 Å². The molecule has 1 aliphatic carbocycles. The van der Waals surface area contributed by atoms with Gasteiger partial charge >= 0.3 is 0 Å². The normalized spacial score (nSPS) is 17.9. The van der Waals surface area contributed by atoms with Crippen LogP contribution in [0.15, 0.2) is 18.2 Å². The van der Waals surface area contributed by atoms with Gasteiger partial charge in [0.2, 0.25) is 0 Å². The Hall–Kier alpha value is -0.690. The third kappa shape index (κ3) is 2.03. The first kappa shape index (κ1) is 9.85. The highest BCUT2D eigenvalue weighted by Gasteiger charge is 2.27. The van der Waals surface area contributed by atoms with Crippen LogP contribution in [0.2, 0.25) is 5.02 Å². The second kappa shape index (κ2) is 3.82. The lowest BCUT2D eigenvalue weighted by Crippen LogP contribution is -2.17. The van der Waals surface area contributed by atoms with Crippen molar-refractivity contribution in [3.63, 3.8) is 0 Å². The summed E-state index contributed by atoms with van der Waals surface area (Å²) in [4.78, 5) is 0. The molecule has 0 aromatic heterocycles. The SMILES string of the molecule is Cc1c(Cl)cccc1N[C@H](C)C1CC1. The Kier molecular flexibility index (Phi) is 2.69. The smallest absolute Gasteiger partial charge is 0.0455 e. The largest absolute Gasteiger partial charge is 0.382 e. The Labute approximate surface area is 90.5 Å². The highest BCUT2D eigenvalue weighted by atomic mass is 35.5. The van der Waals surface area contributed by atoms with Crippen molar-refractivity contribution in [1.29, 1.82) is 0 Å². The van der Waals surface area contributed by atoms with E-state index in [4.69, 9.17) is 11.6 Å². The molecule has 1 N–H and O–H groups in total. The van der Waals surface area contributed by atoms with E-state index in [9.17, 15) is 0 Å². The molecule has 76 valence electrons. The third-order valence-electron chi connectivity index (χ3n) is 2.98.